The highest BCUT2D eigenvalue weighted by Gasteiger charge is 2.24. The summed E-state index contributed by atoms with van der Waals surface area (Å²) in [5, 5.41) is 10.8. The van der Waals surface area contributed by atoms with Gasteiger partial charge in [0.15, 0.2) is 5.65 Å². The SMILES string of the molecule is CCC(CC)n1c(O)nc2ncc(Cl)c(-c3ccccc3C(N)=O)c21. The lowest BCUT2D eigenvalue weighted by Gasteiger charge is -2.18. The summed E-state index contributed by atoms with van der Waals surface area (Å²) in [6.45, 7) is 4.07. The quantitative estimate of drug-likeness (QED) is 0.722. The maximum Gasteiger partial charge on any atom is 0.296 e. The van der Waals surface area contributed by atoms with E-state index in [4.69, 9.17) is 17.3 Å². The monoisotopic (exact) mass is 358 g/mol. The molecule has 0 atom stereocenters. The molecule has 0 spiro atoms. The van der Waals surface area contributed by atoms with Crippen molar-refractivity contribution in [3.05, 3.63) is 41.0 Å². The molecule has 0 aliphatic heterocycles. The summed E-state index contributed by atoms with van der Waals surface area (Å²) in [5.41, 5.74) is 8.06. The van der Waals surface area contributed by atoms with E-state index in [0.717, 1.165) is 12.8 Å². The molecule has 1 amide bonds. The van der Waals surface area contributed by atoms with Crippen LogP contribution in [0, 0.1) is 0 Å². The maximum atomic E-state index is 11.9. The molecule has 0 saturated carbocycles. The molecule has 25 heavy (non-hydrogen) atoms. The summed E-state index contributed by atoms with van der Waals surface area (Å²) in [7, 11) is 0. The minimum Gasteiger partial charge on any atom is -0.480 e. The Balaban J connectivity index is 2.44. The zero-order valence-corrected chi connectivity index (χ0v) is 14.8. The van der Waals surface area contributed by atoms with Crippen molar-refractivity contribution >= 4 is 28.7 Å². The van der Waals surface area contributed by atoms with Crippen LogP contribution in [0.2, 0.25) is 5.02 Å². The van der Waals surface area contributed by atoms with Gasteiger partial charge in [-0.1, -0.05) is 43.6 Å². The summed E-state index contributed by atoms with van der Waals surface area (Å²) >= 11 is 6.45. The van der Waals surface area contributed by atoms with E-state index in [0.29, 0.717) is 32.9 Å². The number of amides is 1. The van der Waals surface area contributed by atoms with E-state index in [-0.39, 0.29) is 12.1 Å². The smallest absolute Gasteiger partial charge is 0.296 e. The van der Waals surface area contributed by atoms with E-state index < -0.39 is 5.91 Å². The van der Waals surface area contributed by atoms with Gasteiger partial charge in [0.2, 0.25) is 5.91 Å². The van der Waals surface area contributed by atoms with Gasteiger partial charge in [-0.2, -0.15) is 4.98 Å². The second-order valence-electron chi connectivity index (χ2n) is 5.82. The van der Waals surface area contributed by atoms with Crippen LogP contribution in [0.1, 0.15) is 43.1 Å². The van der Waals surface area contributed by atoms with Crippen LogP contribution in [0.5, 0.6) is 6.01 Å². The lowest BCUT2D eigenvalue weighted by molar-refractivity contribution is 0.100. The Bertz CT molecular complexity index is 948. The van der Waals surface area contributed by atoms with Gasteiger partial charge in [0.05, 0.1) is 5.02 Å². The zero-order valence-electron chi connectivity index (χ0n) is 14.0. The van der Waals surface area contributed by atoms with Crippen LogP contribution in [0.25, 0.3) is 22.3 Å². The van der Waals surface area contributed by atoms with Gasteiger partial charge in [-0.05, 0) is 24.5 Å². The van der Waals surface area contributed by atoms with Crippen LogP contribution in [0.3, 0.4) is 0 Å². The molecule has 0 bridgehead atoms. The van der Waals surface area contributed by atoms with E-state index in [1.165, 1.54) is 6.20 Å². The third-order valence-electron chi connectivity index (χ3n) is 4.42. The number of aromatic hydroxyl groups is 1. The molecule has 3 N–H and O–H groups in total. The largest absolute Gasteiger partial charge is 0.480 e. The fraction of sp³-hybridized carbons (Fsp3) is 0.278. The van der Waals surface area contributed by atoms with Crippen molar-refractivity contribution in [1.82, 2.24) is 14.5 Å². The summed E-state index contributed by atoms with van der Waals surface area (Å²) < 4.78 is 1.74. The highest BCUT2D eigenvalue weighted by atomic mass is 35.5. The normalized spacial score (nSPS) is 11.4. The molecular weight excluding hydrogens is 340 g/mol. The number of hydrogen-bond donors (Lipinski definition) is 2. The van der Waals surface area contributed by atoms with Gasteiger partial charge in [0.1, 0.15) is 5.52 Å². The van der Waals surface area contributed by atoms with Crippen molar-refractivity contribution in [2.75, 3.05) is 0 Å². The lowest BCUT2D eigenvalue weighted by atomic mass is 9.98. The summed E-state index contributed by atoms with van der Waals surface area (Å²) in [5.74, 6) is -0.547. The Morgan fingerprint density at radius 1 is 1.32 bits per heavy atom. The van der Waals surface area contributed by atoms with Gasteiger partial charge in [-0.3, -0.25) is 9.36 Å². The number of hydrogen-bond acceptors (Lipinski definition) is 4. The predicted molar refractivity (Wildman–Crippen MR) is 97.8 cm³/mol. The third-order valence-corrected chi connectivity index (χ3v) is 4.71. The predicted octanol–water partition coefficient (Wildman–Crippen LogP) is 3.92. The van der Waals surface area contributed by atoms with Gasteiger partial charge in [0, 0.05) is 23.4 Å². The van der Waals surface area contributed by atoms with Crippen LogP contribution in [-0.2, 0) is 0 Å². The number of aromatic nitrogens is 3. The first-order valence-corrected chi connectivity index (χ1v) is 8.51. The number of nitrogens with two attached hydrogens (primary N) is 1. The van der Waals surface area contributed by atoms with Crippen molar-refractivity contribution < 1.29 is 9.90 Å². The number of carbonyl (C=O) groups excluding carboxylic acids is 1. The molecule has 6 nitrogen and oxygen atoms in total. The molecule has 1 aromatic carbocycles. The van der Waals surface area contributed by atoms with Gasteiger partial charge in [-0.25, -0.2) is 4.98 Å². The van der Waals surface area contributed by atoms with E-state index in [9.17, 15) is 9.90 Å². The van der Waals surface area contributed by atoms with E-state index in [1.807, 2.05) is 19.9 Å². The Morgan fingerprint density at radius 3 is 2.64 bits per heavy atom. The first kappa shape index (κ1) is 17.2. The molecule has 2 aromatic heterocycles. The number of halogens is 1. The third kappa shape index (κ3) is 2.82. The van der Waals surface area contributed by atoms with E-state index >= 15 is 0 Å². The van der Waals surface area contributed by atoms with E-state index in [1.54, 1.807) is 22.8 Å². The van der Waals surface area contributed by atoms with Gasteiger partial charge in [-0.15, -0.1) is 0 Å². The fourth-order valence-electron chi connectivity index (χ4n) is 3.20. The summed E-state index contributed by atoms with van der Waals surface area (Å²) in [6, 6.07) is 6.90. The lowest BCUT2D eigenvalue weighted by Crippen LogP contribution is -2.13. The molecule has 0 aliphatic rings. The molecule has 0 fully saturated rings. The first-order valence-electron chi connectivity index (χ1n) is 8.14. The van der Waals surface area contributed by atoms with Crippen molar-refractivity contribution in [2.24, 2.45) is 5.73 Å². The number of carbonyl (C=O) groups is 1. The molecule has 0 saturated heterocycles. The summed E-state index contributed by atoms with van der Waals surface area (Å²) in [6.07, 6.45) is 3.08. The van der Waals surface area contributed by atoms with Crippen molar-refractivity contribution in [3.63, 3.8) is 0 Å². The van der Waals surface area contributed by atoms with Crippen LogP contribution in [-0.4, -0.2) is 25.5 Å². The average Bonchev–Trinajstić information content (AvgIpc) is 2.93. The Kier molecular flexibility index (Phi) is 4.63. The minimum atomic E-state index is -0.547. The van der Waals surface area contributed by atoms with Crippen molar-refractivity contribution in [2.45, 2.75) is 32.7 Å². The molecular formula is C18H19ClN4O2. The van der Waals surface area contributed by atoms with Crippen LogP contribution < -0.4 is 5.73 Å². The fourth-order valence-corrected chi connectivity index (χ4v) is 3.44. The number of benzene rings is 1. The highest BCUT2D eigenvalue weighted by Crippen LogP contribution is 2.39. The van der Waals surface area contributed by atoms with Gasteiger partial charge in [0.25, 0.3) is 6.01 Å². The van der Waals surface area contributed by atoms with Gasteiger partial charge >= 0.3 is 0 Å². The molecule has 0 radical (unpaired) electrons. The highest BCUT2D eigenvalue weighted by molar-refractivity contribution is 6.35. The molecule has 130 valence electrons. The van der Waals surface area contributed by atoms with Crippen LogP contribution in [0.4, 0.5) is 0 Å². The molecule has 2 heterocycles. The number of primary amides is 1. The van der Waals surface area contributed by atoms with Crippen LogP contribution >= 0.6 is 11.6 Å². The Labute approximate surface area is 150 Å². The van der Waals surface area contributed by atoms with Crippen molar-refractivity contribution in [3.8, 4) is 17.1 Å². The molecule has 7 heteroatoms. The number of imidazole rings is 1. The number of nitrogens with zero attached hydrogens (tertiary/aromatic N) is 3. The number of pyridine rings is 1. The average molecular weight is 359 g/mol. The zero-order chi connectivity index (χ0) is 18.1. The summed E-state index contributed by atoms with van der Waals surface area (Å²) in [4.78, 5) is 20.3. The maximum absolute atomic E-state index is 11.9. The first-order chi connectivity index (χ1) is 12.0. The molecule has 0 aliphatic carbocycles. The molecule has 3 aromatic rings. The molecule has 3 rings (SSSR count). The topological polar surface area (TPSA) is 94.0 Å². The van der Waals surface area contributed by atoms with E-state index in [2.05, 4.69) is 9.97 Å². The Morgan fingerprint density at radius 2 is 2.00 bits per heavy atom. The number of fused-ring (bicyclic) bond motifs is 1. The number of rotatable bonds is 5. The Hall–Kier alpha value is -2.60. The second kappa shape index (κ2) is 6.72. The van der Waals surface area contributed by atoms with Crippen molar-refractivity contribution in [1.29, 1.82) is 0 Å². The minimum absolute atomic E-state index is 0.0322. The van der Waals surface area contributed by atoms with Crippen LogP contribution in [0.15, 0.2) is 30.5 Å². The molecule has 0 unspecified atom stereocenters. The van der Waals surface area contributed by atoms with Gasteiger partial charge < -0.3 is 10.8 Å². The standard InChI is InChI=1S/C18H19ClN4O2/c1-3-10(4-2)23-15-14(11-7-5-6-8-12(11)16(20)24)13(19)9-21-17(15)22-18(23)25/h5-10H,3-4H2,1-2H3,(H2,20,24)(H,21,22,25). The second-order valence-corrected chi connectivity index (χ2v) is 6.22.